The topological polar surface area (TPSA) is 64.9 Å². The van der Waals surface area contributed by atoms with Crippen molar-refractivity contribution in [1.29, 1.82) is 0 Å². The van der Waals surface area contributed by atoms with Crippen molar-refractivity contribution in [3.05, 3.63) is 35.0 Å². The predicted molar refractivity (Wildman–Crippen MR) is 77.8 cm³/mol. The van der Waals surface area contributed by atoms with Crippen molar-refractivity contribution < 1.29 is 0 Å². The van der Waals surface area contributed by atoms with E-state index in [9.17, 15) is 0 Å². The maximum Gasteiger partial charge on any atom is 0.152 e. The quantitative estimate of drug-likeness (QED) is 0.643. The van der Waals surface area contributed by atoms with Crippen molar-refractivity contribution in [2.45, 2.75) is 25.7 Å². The number of fused-ring (bicyclic) bond motifs is 1. The first-order valence-electron chi connectivity index (χ1n) is 6.26. The number of hydrogen-bond acceptors (Lipinski definition) is 3. The molecule has 0 aliphatic rings. The lowest BCUT2D eigenvalue weighted by Gasteiger charge is -2.11. The van der Waals surface area contributed by atoms with Gasteiger partial charge in [0.15, 0.2) is 5.15 Å². The first-order chi connectivity index (χ1) is 8.74. The molecule has 0 amide bonds. The number of para-hydroxylation sites is 1. The zero-order valence-corrected chi connectivity index (χ0v) is 11.1. The van der Waals surface area contributed by atoms with E-state index >= 15 is 0 Å². The summed E-state index contributed by atoms with van der Waals surface area (Å²) in [5.74, 6) is 0. The second-order valence-electron chi connectivity index (χ2n) is 4.41. The fourth-order valence-electron chi connectivity index (χ4n) is 2.15. The Balaban J connectivity index is 2.31. The number of aromatic nitrogens is 1. The van der Waals surface area contributed by atoms with Gasteiger partial charge in [0.2, 0.25) is 0 Å². The zero-order chi connectivity index (χ0) is 13.0. The summed E-state index contributed by atoms with van der Waals surface area (Å²) in [7, 11) is 0. The summed E-state index contributed by atoms with van der Waals surface area (Å²) in [6.45, 7) is 0.743. The SMILES string of the molecule is NCCCCCc1c(N)c(Cl)nc2ccccc12. The number of nitrogens with two attached hydrogens (primary N) is 2. The lowest BCUT2D eigenvalue weighted by molar-refractivity contribution is 0.688. The van der Waals surface area contributed by atoms with E-state index in [1.165, 1.54) is 0 Å². The van der Waals surface area contributed by atoms with Crippen LogP contribution in [0.5, 0.6) is 0 Å². The third-order valence-corrected chi connectivity index (χ3v) is 3.41. The first-order valence-corrected chi connectivity index (χ1v) is 6.64. The lowest BCUT2D eigenvalue weighted by Crippen LogP contribution is -2.01. The molecule has 0 radical (unpaired) electrons. The number of nitrogen functional groups attached to an aromatic ring is 1. The molecule has 1 aromatic heterocycles. The van der Waals surface area contributed by atoms with Gasteiger partial charge in [-0.1, -0.05) is 36.2 Å². The van der Waals surface area contributed by atoms with Gasteiger partial charge in [-0.2, -0.15) is 0 Å². The Morgan fingerprint density at radius 3 is 2.67 bits per heavy atom. The monoisotopic (exact) mass is 263 g/mol. The van der Waals surface area contributed by atoms with E-state index in [0.29, 0.717) is 10.8 Å². The van der Waals surface area contributed by atoms with Gasteiger partial charge in [0.25, 0.3) is 0 Å². The molecule has 0 aliphatic carbocycles. The Bertz CT molecular complexity index is 540. The molecule has 1 heterocycles. The molecular formula is C14H18ClN3. The number of halogens is 1. The van der Waals surface area contributed by atoms with Gasteiger partial charge in [-0.05, 0) is 37.4 Å². The summed E-state index contributed by atoms with van der Waals surface area (Å²) in [5, 5.41) is 1.51. The number of benzene rings is 1. The van der Waals surface area contributed by atoms with E-state index in [0.717, 1.165) is 48.7 Å². The lowest BCUT2D eigenvalue weighted by atomic mass is 10.0. The van der Waals surface area contributed by atoms with Crippen LogP contribution in [-0.2, 0) is 6.42 Å². The summed E-state index contributed by atoms with van der Waals surface area (Å²) >= 11 is 6.08. The second-order valence-corrected chi connectivity index (χ2v) is 4.77. The van der Waals surface area contributed by atoms with E-state index in [-0.39, 0.29) is 0 Å². The Hall–Kier alpha value is -1.32. The molecule has 0 bridgehead atoms. The van der Waals surface area contributed by atoms with E-state index in [2.05, 4.69) is 4.98 Å². The molecule has 4 N–H and O–H groups in total. The van der Waals surface area contributed by atoms with Crippen LogP contribution < -0.4 is 11.5 Å². The van der Waals surface area contributed by atoms with Crippen LogP contribution in [-0.4, -0.2) is 11.5 Å². The molecule has 0 fully saturated rings. The average Bonchev–Trinajstić information content (AvgIpc) is 2.38. The minimum absolute atomic E-state index is 0.405. The minimum Gasteiger partial charge on any atom is -0.396 e. The number of nitrogens with zero attached hydrogens (tertiary/aromatic N) is 1. The molecule has 0 spiro atoms. The van der Waals surface area contributed by atoms with Crippen LogP contribution >= 0.6 is 11.6 Å². The number of anilines is 1. The highest BCUT2D eigenvalue weighted by molar-refractivity contribution is 6.32. The number of pyridine rings is 1. The van der Waals surface area contributed by atoms with Crippen LogP contribution in [0, 0.1) is 0 Å². The zero-order valence-electron chi connectivity index (χ0n) is 10.3. The average molecular weight is 264 g/mol. The van der Waals surface area contributed by atoms with Gasteiger partial charge in [0.1, 0.15) is 0 Å². The van der Waals surface area contributed by atoms with Crippen LogP contribution in [0.25, 0.3) is 10.9 Å². The standard InChI is InChI=1S/C14H18ClN3/c15-14-13(17)11(7-2-1-5-9-16)10-6-3-4-8-12(10)18-14/h3-4,6,8H,1-2,5,7,9,16-17H2. The van der Waals surface area contributed by atoms with Crippen LogP contribution in [0.15, 0.2) is 24.3 Å². The van der Waals surface area contributed by atoms with Crippen LogP contribution in [0.4, 0.5) is 5.69 Å². The highest BCUT2D eigenvalue weighted by Crippen LogP contribution is 2.29. The minimum atomic E-state index is 0.405. The summed E-state index contributed by atoms with van der Waals surface area (Å²) < 4.78 is 0. The molecular weight excluding hydrogens is 246 g/mol. The predicted octanol–water partition coefficient (Wildman–Crippen LogP) is 3.14. The summed E-state index contributed by atoms with van der Waals surface area (Å²) in [5.41, 5.74) is 14.2. The molecule has 0 unspecified atom stereocenters. The fourth-order valence-corrected chi connectivity index (χ4v) is 2.36. The third kappa shape index (κ3) is 2.74. The second kappa shape index (κ2) is 6.03. The molecule has 96 valence electrons. The van der Waals surface area contributed by atoms with Gasteiger partial charge in [-0.25, -0.2) is 4.98 Å². The molecule has 4 heteroatoms. The number of hydrogen-bond donors (Lipinski definition) is 2. The largest absolute Gasteiger partial charge is 0.396 e. The Labute approximate surface area is 112 Å². The number of rotatable bonds is 5. The van der Waals surface area contributed by atoms with Crippen molar-refractivity contribution in [3.8, 4) is 0 Å². The Morgan fingerprint density at radius 2 is 1.89 bits per heavy atom. The molecule has 1 aromatic carbocycles. The van der Waals surface area contributed by atoms with Crippen LogP contribution in [0.2, 0.25) is 5.15 Å². The van der Waals surface area contributed by atoms with Crippen LogP contribution in [0.3, 0.4) is 0 Å². The van der Waals surface area contributed by atoms with Gasteiger partial charge in [-0.3, -0.25) is 0 Å². The van der Waals surface area contributed by atoms with Crippen LogP contribution in [0.1, 0.15) is 24.8 Å². The van der Waals surface area contributed by atoms with Gasteiger partial charge >= 0.3 is 0 Å². The molecule has 18 heavy (non-hydrogen) atoms. The van der Waals surface area contributed by atoms with Crippen molar-refractivity contribution in [2.75, 3.05) is 12.3 Å². The molecule has 0 saturated carbocycles. The third-order valence-electron chi connectivity index (χ3n) is 3.13. The molecule has 0 atom stereocenters. The van der Waals surface area contributed by atoms with Gasteiger partial charge in [-0.15, -0.1) is 0 Å². The summed E-state index contributed by atoms with van der Waals surface area (Å²) in [6.07, 6.45) is 4.17. The van der Waals surface area contributed by atoms with E-state index in [1.807, 2.05) is 24.3 Å². The maximum absolute atomic E-state index is 6.08. The van der Waals surface area contributed by atoms with E-state index < -0.39 is 0 Å². The smallest absolute Gasteiger partial charge is 0.152 e. The normalized spacial score (nSPS) is 11.0. The fraction of sp³-hybridized carbons (Fsp3) is 0.357. The molecule has 0 saturated heterocycles. The maximum atomic E-state index is 6.08. The van der Waals surface area contributed by atoms with Gasteiger partial charge in [0.05, 0.1) is 11.2 Å². The number of aryl methyl sites for hydroxylation is 1. The Morgan fingerprint density at radius 1 is 1.11 bits per heavy atom. The molecule has 2 aromatic rings. The van der Waals surface area contributed by atoms with Gasteiger partial charge in [0, 0.05) is 5.39 Å². The van der Waals surface area contributed by atoms with Crippen molar-refractivity contribution in [3.63, 3.8) is 0 Å². The highest BCUT2D eigenvalue weighted by Gasteiger charge is 2.10. The molecule has 3 nitrogen and oxygen atoms in total. The number of unbranched alkanes of at least 4 members (excludes halogenated alkanes) is 2. The molecule has 2 rings (SSSR count). The summed E-state index contributed by atoms with van der Waals surface area (Å²) in [6, 6.07) is 7.97. The van der Waals surface area contributed by atoms with Gasteiger partial charge < -0.3 is 11.5 Å². The highest BCUT2D eigenvalue weighted by atomic mass is 35.5. The molecule has 0 aliphatic heterocycles. The van der Waals surface area contributed by atoms with Crippen molar-refractivity contribution in [1.82, 2.24) is 4.98 Å². The van der Waals surface area contributed by atoms with E-state index in [1.54, 1.807) is 0 Å². The van der Waals surface area contributed by atoms with Crippen molar-refractivity contribution >= 4 is 28.2 Å². The first kappa shape index (κ1) is 13.1. The summed E-state index contributed by atoms with van der Waals surface area (Å²) in [4.78, 5) is 4.30. The van der Waals surface area contributed by atoms with Crippen molar-refractivity contribution in [2.24, 2.45) is 5.73 Å². The Kier molecular flexibility index (Phi) is 4.39. The van der Waals surface area contributed by atoms with E-state index in [4.69, 9.17) is 23.1 Å².